The van der Waals surface area contributed by atoms with Gasteiger partial charge in [0, 0.05) is 23.9 Å². The summed E-state index contributed by atoms with van der Waals surface area (Å²) in [5.74, 6) is -1.72. The molecular weight excluding hydrogens is 262 g/mol. The van der Waals surface area contributed by atoms with Crippen molar-refractivity contribution in [3.63, 3.8) is 0 Å². The molecule has 4 N–H and O–H groups in total. The number of anilines is 1. The maximum Gasteiger partial charge on any atom is 0.328 e. The van der Waals surface area contributed by atoms with Gasteiger partial charge in [-0.15, -0.1) is 0 Å². The van der Waals surface area contributed by atoms with Crippen molar-refractivity contribution in [2.45, 2.75) is 0 Å². The Labute approximate surface area is 112 Å². The second-order valence-corrected chi connectivity index (χ2v) is 3.91. The van der Waals surface area contributed by atoms with Gasteiger partial charge in [-0.2, -0.15) is 0 Å². The first-order valence-corrected chi connectivity index (χ1v) is 5.65. The van der Waals surface area contributed by atoms with E-state index in [0.717, 1.165) is 17.7 Å². The van der Waals surface area contributed by atoms with Gasteiger partial charge in [0.25, 0.3) is 5.56 Å². The molecule has 2 aromatic rings. The average molecular weight is 273 g/mol. The Balaban J connectivity index is 2.07. The summed E-state index contributed by atoms with van der Waals surface area (Å²) in [6.45, 7) is 0. The highest BCUT2D eigenvalue weighted by Gasteiger charge is 2.02. The number of hydrogen-bond donors (Lipinski definition) is 4. The first kappa shape index (κ1) is 13.3. The van der Waals surface area contributed by atoms with Crippen LogP contribution in [0.2, 0.25) is 0 Å². The molecule has 7 nitrogen and oxygen atoms in total. The summed E-state index contributed by atoms with van der Waals surface area (Å²) in [4.78, 5) is 32.6. The minimum Gasteiger partial charge on any atom is -0.478 e. The van der Waals surface area contributed by atoms with Crippen LogP contribution in [0.4, 0.5) is 5.69 Å². The molecule has 0 saturated carbocycles. The number of hydrogen-bond acceptors (Lipinski definition) is 3. The Morgan fingerprint density at radius 2 is 1.80 bits per heavy atom. The lowest BCUT2D eigenvalue weighted by Crippen LogP contribution is -2.08. The van der Waals surface area contributed by atoms with Crippen molar-refractivity contribution in [1.82, 2.24) is 10.2 Å². The van der Waals surface area contributed by atoms with Gasteiger partial charge in [-0.25, -0.2) is 4.79 Å². The maximum atomic E-state index is 11.4. The Kier molecular flexibility index (Phi) is 3.80. The van der Waals surface area contributed by atoms with Crippen LogP contribution in [0.1, 0.15) is 0 Å². The molecule has 1 amide bonds. The number of carboxylic acid groups (broad SMARTS) is 1. The van der Waals surface area contributed by atoms with E-state index in [9.17, 15) is 14.4 Å². The lowest BCUT2D eigenvalue weighted by molar-refractivity contribution is -0.131. The minimum atomic E-state index is -1.19. The molecule has 102 valence electrons. The summed E-state index contributed by atoms with van der Waals surface area (Å²) >= 11 is 0. The molecule has 0 aliphatic rings. The zero-order valence-corrected chi connectivity index (χ0v) is 10.2. The molecule has 7 heteroatoms. The van der Waals surface area contributed by atoms with Crippen LogP contribution in [-0.2, 0) is 9.59 Å². The number of carboxylic acids is 1. The fourth-order valence-electron chi connectivity index (χ4n) is 1.55. The quantitative estimate of drug-likeness (QED) is 0.621. The number of aliphatic carboxylic acids is 1. The number of amides is 1. The first-order chi connectivity index (χ1) is 9.54. The van der Waals surface area contributed by atoms with E-state index in [1.165, 1.54) is 6.07 Å². The lowest BCUT2D eigenvalue weighted by Gasteiger charge is -2.03. The SMILES string of the molecule is O=C(O)/C=C/C(=O)Nc1ccc(-c2cc(=O)[nH][nH]2)cc1. The molecule has 0 saturated heterocycles. The molecule has 0 spiro atoms. The zero-order chi connectivity index (χ0) is 14.5. The zero-order valence-electron chi connectivity index (χ0n) is 10.2. The monoisotopic (exact) mass is 273 g/mol. The van der Waals surface area contributed by atoms with Crippen molar-refractivity contribution >= 4 is 17.6 Å². The van der Waals surface area contributed by atoms with Crippen molar-refractivity contribution < 1.29 is 14.7 Å². The highest BCUT2D eigenvalue weighted by molar-refractivity contribution is 6.02. The molecule has 20 heavy (non-hydrogen) atoms. The number of aromatic nitrogens is 2. The van der Waals surface area contributed by atoms with Crippen molar-refractivity contribution in [2.24, 2.45) is 0 Å². The molecule has 0 unspecified atom stereocenters. The summed E-state index contributed by atoms with van der Waals surface area (Å²) in [7, 11) is 0. The summed E-state index contributed by atoms with van der Waals surface area (Å²) in [6, 6.07) is 8.15. The van der Waals surface area contributed by atoms with E-state index in [1.54, 1.807) is 24.3 Å². The number of aromatic amines is 2. The van der Waals surface area contributed by atoms with E-state index in [2.05, 4.69) is 15.5 Å². The topological polar surface area (TPSA) is 115 Å². The predicted octanol–water partition coefficient (Wildman–Crippen LogP) is 0.949. The first-order valence-electron chi connectivity index (χ1n) is 5.65. The molecule has 0 fully saturated rings. The van der Waals surface area contributed by atoms with Gasteiger partial charge in [-0.05, 0) is 17.7 Å². The van der Waals surface area contributed by atoms with Crippen LogP contribution in [0.15, 0.2) is 47.3 Å². The van der Waals surface area contributed by atoms with Gasteiger partial charge < -0.3 is 10.4 Å². The number of H-pyrrole nitrogens is 2. The number of benzene rings is 1. The average Bonchev–Trinajstić information content (AvgIpc) is 2.84. The smallest absolute Gasteiger partial charge is 0.328 e. The van der Waals surface area contributed by atoms with Crippen LogP contribution in [0, 0.1) is 0 Å². The van der Waals surface area contributed by atoms with Crippen LogP contribution in [-0.4, -0.2) is 27.2 Å². The van der Waals surface area contributed by atoms with E-state index in [-0.39, 0.29) is 5.56 Å². The molecule has 1 aromatic heterocycles. The molecule has 0 atom stereocenters. The van der Waals surface area contributed by atoms with E-state index in [4.69, 9.17) is 5.11 Å². The van der Waals surface area contributed by atoms with Gasteiger partial charge in [0.1, 0.15) is 0 Å². The predicted molar refractivity (Wildman–Crippen MR) is 72.3 cm³/mol. The molecule has 1 heterocycles. The second kappa shape index (κ2) is 5.70. The maximum absolute atomic E-state index is 11.4. The fourth-order valence-corrected chi connectivity index (χ4v) is 1.55. The van der Waals surface area contributed by atoms with Crippen LogP contribution < -0.4 is 10.9 Å². The normalized spacial score (nSPS) is 10.6. The van der Waals surface area contributed by atoms with E-state index in [0.29, 0.717) is 11.4 Å². The van der Waals surface area contributed by atoms with Crippen molar-refractivity contribution in [3.8, 4) is 11.3 Å². The number of carbonyl (C=O) groups excluding carboxylic acids is 1. The van der Waals surface area contributed by atoms with Crippen molar-refractivity contribution in [1.29, 1.82) is 0 Å². The largest absolute Gasteiger partial charge is 0.478 e. The Bertz CT molecular complexity index is 710. The molecule has 0 aliphatic heterocycles. The highest BCUT2D eigenvalue weighted by atomic mass is 16.4. The number of carbonyl (C=O) groups is 2. The Morgan fingerprint density at radius 1 is 1.10 bits per heavy atom. The lowest BCUT2D eigenvalue weighted by atomic mass is 10.1. The third kappa shape index (κ3) is 3.45. The van der Waals surface area contributed by atoms with E-state index < -0.39 is 11.9 Å². The van der Waals surface area contributed by atoms with Crippen molar-refractivity contribution in [2.75, 3.05) is 5.32 Å². The molecule has 2 rings (SSSR count). The standard InChI is InChI=1S/C13H11N3O4/c17-11(5-6-13(19)20)14-9-3-1-8(2-4-9)10-7-12(18)16-15-10/h1-7H,(H,14,17)(H,19,20)(H2,15,16,18)/b6-5+. The van der Waals surface area contributed by atoms with Gasteiger partial charge in [-0.3, -0.25) is 19.8 Å². The van der Waals surface area contributed by atoms with E-state index >= 15 is 0 Å². The molecular formula is C13H11N3O4. The third-order valence-electron chi connectivity index (χ3n) is 2.44. The molecule has 0 aliphatic carbocycles. The second-order valence-electron chi connectivity index (χ2n) is 3.91. The molecule has 0 radical (unpaired) electrons. The number of rotatable bonds is 4. The van der Waals surface area contributed by atoms with Crippen LogP contribution in [0.3, 0.4) is 0 Å². The van der Waals surface area contributed by atoms with Gasteiger partial charge in [0.05, 0.1) is 5.69 Å². The minimum absolute atomic E-state index is 0.226. The van der Waals surface area contributed by atoms with E-state index in [1.807, 2.05) is 0 Å². The summed E-state index contributed by atoms with van der Waals surface area (Å²) in [5.41, 5.74) is 1.71. The molecule has 1 aromatic carbocycles. The Morgan fingerprint density at radius 3 is 2.35 bits per heavy atom. The highest BCUT2D eigenvalue weighted by Crippen LogP contribution is 2.17. The third-order valence-corrected chi connectivity index (χ3v) is 2.44. The van der Waals surface area contributed by atoms with Gasteiger partial charge in [0.15, 0.2) is 0 Å². The van der Waals surface area contributed by atoms with Crippen LogP contribution >= 0.6 is 0 Å². The Hall–Kier alpha value is -3.09. The molecule has 0 bridgehead atoms. The summed E-state index contributed by atoms with van der Waals surface area (Å²) < 4.78 is 0. The van der Waals surface area contributed by atoms with Crippen molar-refractivity contribution in [3.05, 3.63) is 52.8 Å². The fraction of sp³-hybridized carbons (Fsp3) is 0. The van der Waals surface area contributed by atoms with Crippen LogP contribution in [0.25, 0.3) is 11.3 Å². The van der Waals surface area contributed by atoms with Crippen LogP contribution in [0.5, 0.6) is 0 Å². The summed E-state index contributed by atoms with van der Waals surface area (Å²) in [5, 5.41) is 16.0. The van der Waals surface area contributed by atoms with Gasteiger partial charge in [-0.1, -0.05) is 12.1 Å². The number of nitrogens with one attached hydrogen (secondary N) is 3. The summed E-state index contributed by atoms with van der Waals surface area (Å²) in [6.07, 6.45) is 1.69. The van der Waals surface area contributed by atoms with Gasteiger partial charge >= 0.3 is 5.97 Å². The van der Waals surface area contributed by atoms with Gasteiger partial charge in [0.2, 0.25) is 5.91 Å².